The first kappa shape index (κ1) is 27.8. The molecule has 2 aromatic carbocycles. The van der Waals surface area contributed by atoms with Crippen LogP contribution in [0.1, 0.15) is 28.5 Å². The number of imidazole rings is 1. The molecule has 2 aliphatic rings. The first-order chi connectivity index (χ1) is 20.1. The number of hydrogen-bond donors (Lipinski definition) is 1. The minimum atomic E-state index is -0.545. The van der Waals surface area contributed by atoms with Crippen molar-refractivity contribution in [2.75, 3.05) is 45.2 Å². The van der Waals surface area contributed by atoms with Crippen LogP contribution in [0.25, 0.3) is 10.9 Å². The van der Waals surface area contributed by atoms with E-state index in [0.29, 0.717) is 18.1 Å². The lowest BCUT2D eigenvalue weighted by molar-refractivity contribution is -0.0279. The van der Waals surface area contributed by atoms with E-state index >= 15 is 0 Å². The summed E-state index contributed by atoms with van der Waals surface area (Å²) in [5, 5.41) is 20.5. The van der Waals surface area contributed by atoms with Gasteiger partial charge < -0.3 is 28.8 Å². The van der Waals surface area contributed by atoms with Crippen molar-refractivity contribution in [2.24, 2.45) is 12.5 Å². The number of nitriles is 1. The molecule has 2 fully saturated rings. The number of rotatable bonds is 8. The van der Waals surface area contributed by atoms with Gasteiger partial charge >= 0.3 is 0 Å². The van der Waals surface area contributed by atoms with E-state index in [1.54, 1.807) is 27.3 Å². The topological polar surface area (TPSA) is 103 Å². The third kappa shape index (κ3) is 4.97. The highest BCUT2D eigenvalue weighted by atomic mass is 19.1. The third-order valence-corrected chi connectivity index (χ3v) is 8.06. The largest absolute Gasteiger partial charge is 0.435 e. The highest BCUT2D eigenvalue weighted by molar-refractivity contribution is 5.96. The van der Waals surface area contributed by atoms with E-state index in [0.717, 1.165) is 49.4 Å². The van der Waals surface area contributed by atoms with Crippen molar-refractivity contribution >= 4 is 22.6 Å². The van der Waals surface area contributed by atoms with Gasteiger partial charge in [0.05, 0.1) is 11.7 Å². The van der Waals surface area contributed by atoms with Gasteiger partial charge in [-0.15, -0.1) is 0 Å². The molecule has 1 amide bonds. The lowest BCUT2D eigenvalue weighted by Crippen LogP contribution is -2.72. The van der Waals surface area contributed by atoms with Crippen LogP contribution in [0.2, 0.25) is 0 Å². The predicted octanol–water partition coefficient (Wildman–Crippen LogP) is 3.58. The van der Waals surface area contributed by atoms with Crippen LogP contribution >= 0.6 is 0 Å². The lowest BCUT2D eigenvalue weighted by atomic mass is 9.72. The number of aromatic nitrogens is 3. The summed E-state index contributed by atoms with van der Waals surface area (Å²) in [6, 6.07) is 14.3. The number of aliphatic hydroxyl groups is 1. The van der Waals surface area contributed by atoms with Crippen LogP contribution in [0, 0.1) is 22.6 Å². The van der Waals surface area contributed by atoms with Crippen LogP contribution in [0.5, 0.6) is 11.6 Å². The zero-order valence-electron chi connectivity index (χ0n) is 24.2. The van der Waals surface area contributed by atoms with Crippen molar-refractivity contribution in [1.29, 1.82) is 5.26 Å². The van der Waals surface area contributed by atoms with Gasteiger partial charge in [0.2, 0.25) is 0 Å². The molecule has 0 bridgehead atoms. The molecule has 2 aliphatic heterocycles. The van der Waals surface area contributed by atoms with Gasteiger partial charge in [-0.3, -0.25) is 9.69 Å². The molecule has 0 saturated carbocycles. The zero-order chi connectivity index (χ0) is 29.8. The maximum absolute atomic E-state index is 14.0. The van der Waals surface area contributed by atoms with Gasteiger partial charge in [0.1, 0.15) is 29.7 Å². The molecule has 1 unspecified atom stereocenters. The molecule has 4 aromatic rings. The standard InChI is InChI=1S/C31H34FN7O3/c1-20(40)13-39-24(12-33)10-22-6-5-21(9-26(22)39)14-37-15-31(16-37)17-38(18-31)29-28(34-19-36(29)4)42-27-8-7-23(32)11-25(27)30(41)35(2)3/h5-11,19-20,40H,13-18H2,1-4H3. The second-order valence-corrected chi connectivity index (χ2v) is 11.9. The maximum Gasteiger partial charge on any atom is 0.262 e. The van der Waals surface area contributed by atoms with Crippen LogP contribution in [0.4, 0.5) is 10.2 Å². The molecule has 11 heteroatoms. The number of halogens is 1. The molecule has 1 atom stereocenters. The lowest BCUT2D eigenvalue weighted by Gasteiger charge is -2.60. The molecular formula is C31H34FN7O3. The zero-order valence-corrected chi connectivity index (χ0v) is 24.2. The van der Waals surface area contributed by atoms with E-state index in [1.807, 2.05) is 28.3 Å². The summed E-state index contributed by atoms with van der Waals surface area (Å²) in [7, 11) is 5.14. The summed E-state index contributed by atoms with van der Waals surface area (Å²) in [6.45, 7) is 6.56. The first-order valence-electron chi connectivity index (χ1n) is 13.9. The highest BCUT2D eigenvalue weighted by Gasteiger charge is 2.52. The van der Waals surface area contributed by atoms with Crippen LogP contribution in [0.3, 0.4) is 0 Å². The van der Waals surface area contributed by atoms with Crippen molar-refractivity contribution in [3.63, 3.8) is 0 Å². The van der Waals surface area contributed by atoms with Crippen molar-refractivity contribution < 1.29 is 19.0 Å². The maximum atomic E-state index is 14.0. The van der Waals surface area contributed by atoms with Crippen LogP contribution in [0.15, 0.2) is 48.8 Å². The number of aryl methyl sites for hydroxylation is 1. The van der Waals surface area contributed by atoms with Gasteiger partial charge in [-0.25, -0.2) is 9.37 Å². The number of hydrogen-bond acceptors (Lipinski definition) is 7. The fraction of sp³-hybridized carbons (Fsp3) is 0.387. The van der Waals surface area contributed by atoms with Gasteiger partial charge in [0.25, 0.3) is 11.8 Å². The van der Waals surface area contributed by atoms with E-state index < -0.39 is 11.9 Å². The fourth-order valence-electron chi connectivity index (χ4n) is 6.27. The smallest absolute Gasteiger partial charge is 0.262 e. The number of ether oxygens (including phenoxy) is 1. The number of carbonyl (C=O) groups excluding carboxylic acids is 1. The van der Waals surface area contributed by atoms with Crippen molar-refractivity contribution in [1.82, 2.24) is 23.9 Å². The normalized spacial score (nSPS) is 16.6. The number of nitrogens with zero attached hydrogens (tertiary/aromatic N) is 7. The number of aliphatic hydroxyl groups excluding tert-OH is 1. The average molecular weight is 572 g/mol. The Morgan fingerprint density at radius 3 is 2.64 bits per heavy atom. The Bertz CT molecular complexity index is 1700. The Morgan fingerprint density at radius 1 is 1.19 bits per heavy atom. The molecule has 218 valence electrons. The Morgan fingerprint density at radius 2 is 1.95 bits per heavy atom. The number of benzene rings is 2. The molecule has 0 radical (unpaired) electrons. The Balaban J connectivity index is 1.12. The predicted molar refractivity (Wildman–Crippen MR) is 156 cm³/mol. The van der Waals surface area contributed by atoms with Gasteiger partial charge in [0, 0.05) is 76.7 Å². The Kier molecular flexibility index (Phi) is 6.91. The van der Waals surface area contributed by atoms with Gasteiger partial charge in [0.15, 0.2) is 5.82 Å². The van der Waals surface area contributed by atoms with Crippen molar-refractivity contribution in [3.05, 3.63) is 71.4 Å². The highest BCUT2D eigenvalue weighted by Crippen LogP contribution is 2.45. The van der Waals surface area contributed by atoms with E-state index in [9.17, 15) is 19.6 Å². The summed E-state index contributed by atoms with van der Waals surface area (Å²) < 4.78 is 23.9. The number of anilines is 1. The minimum Gasteiger partial charge on any atom is -0.435 e. The molecular weight excluding hydrogens is 537 g/mol. The first-order valence-corrected chi connectivity index (χ1v) is 13.9. The van der Waals surface area contributed by atoms with Crippen LogP contribution in [-0.2, 0) is 20.1 Å². The van der Waals surface area contributed by atoms with E-state index in [4.69, 9.17) is 4.74 Å². The summed E-state index contributed by atoms with van der Waals surface area (Å²) in [5.74, 6) is 0.616. The molecule has 4 heterocycles. The molecule has 10 nitrogen and oxygen atoms in total. The summed E-state index contributed by atoms with van der Waals surface area (Å²) >= 11 is 0. The quantitative estimate of drug-likeness (QED) is 0.345. The summed E-state index contributed by atoms with van der Waals surface area (Å²) in [5.41, 5.74) is 3.03. The second-order valence-electron chi connectivity index (χ2n) is 11.9. The minimum absolute atomic E-state index is 0.145. The van der Waals surface area contributed by atoms with Crippen LogP contribution < -0.4 is 9.64 Å². The second kappa shape index (κ2) is 10.5. The molecule has 1 spiro atoms. The molecule has 2 aromatic heterocycles. The average Bonchev–Trinajstić information content (AvgIpc) is 3.44. The number of carbonyl (C=O) groups is 1. The molecule has 0 aliphatic carbocycles. The van der Waals surface area contributed by atoms with E-state index in [1.165, 1.54) is 28.7 Å². The number of fused-ring (bicyclic) bond motifs is 1. The van der Waals surface area contributed by atoms with Crippen molar-refractivity contribution in [2.45, 2.75) is 26.1 Å². The van der Waals surface area contributed by atoms with E-state index in [2.05, 4.69) is 33.0 Å². The van der Waals surface area contributed by atoms with Gasteiger partial charge in [-0.05, 0) is 42.8 Å². The number of amides is 1. The van der Waals surface area contributed by atoms with Gasteiger partial charge in [-0.2, -0.15) is 5.26 Å². The molecule has 6 rings (SSSR count). The number of likely N-dealkylation sites (tertiary alicyclic amines) is 1. The van der Waals surface area contributed by atoms with Gasteiger partial charge in [-0.1, -0.05) is 12.1 Å². The molecule has 42 heavy (non-hydrogen) atoms. The van der Waals surface area contributed by atoms with Crippen molar-refractivity contribution in [3.8, 4) is 17.7 Å². The molecule has 2 saturated heterocycles. The summed E-state index contributed by atoms with van der Waals surface area (Å²) in [4.78, 5) is 23.1. The monoisotopic (exact) mass is 571 g/mol. The van der Waals surface area contributed by atoms with Crippen LogP contribution in [-0.4, -0.2) is 81.3 Å². The Hall–Kier alpha value is -4.40. The SMILES string of the molecule is CC(O)Cn1c(C#N)cc2ccc(CN3CC4(C3)CN(c3c(Oc5ccc(F)cc5C(=O)N(C)C)ncn3C)C4)cc21. The Labute approximate surface area is 243 Å². The fourth-order valence-corrected chi connectivity index (χ4v) is 6.27. The van der Waals surface area contributed by atoms with E-state index in [-0.39, 0.29) is 22.6 Å². The third-order valence-electron chi connectivity index (χ3n) is 8.06. The molecule has 1 N–H and O–H groups in total. The summed E-state index contributed by atoms with van der Waals surface area (Å²) in [6.07, 6.45) is 1.14.